The highest BCUT2D eigenvalue weighted by Gasteiger charge is 2.09. The van der Waals surface area contributed by atoms with E-state index in [2.05, 4.69) is 69.6 Å². The van der Waals surface area contributed by atoms with Crippen LogP contribution in [0.1, 0.15) is 51.0 Å². The fraction of sp³-hybridized carbons (Fsp3) is 0.636. The van der Waals surface area contributed by atoms with Gasteiger partial charge in [0, 0.05) is 39.1 Å². The molecule has 6 nitrogen and oxygen atoms in total. The maximum atomic E-state index is 11.0. The monoisotopic (exact) mass is 390 g/mol. The topological polar surface area (TPSA) is 66.0 Å². The molecule has 1 rings (SSSR count). The minimum absolute atomic E-state index is 0.119. The third-order valence-electron chi connectivity index (χ3n) is 4.93. The van der Waals surface area contributed by atoms with Gasteiger partial charge in [0.1, 0.15) is 0 Å². The second-order valence-electron chi connectivity index (χ2n) is 7.20. The zero-order chi connectivity index (χ0) is 20.6. The maximum Gasteiger partial charge on any atom is 0.305 e. The highest BCUT2D eigenvalue weighted by Crippen LogP contribution is 2.08. The van der Waals surface area contributed by atoms with E-state index in [0.29, 0.717) is 12.5 Å². The van der Waals surface area contributed by atoms with E-state index in [1.54, 1.807) is 7.05 Å². The van der Waals surface area contributed by atoms with Crippen LogP contribution in [0.3, 0.4) is 0 Å². The largest absolute Gasteiger partial charge is 0.469 e. The Morgan fingerprint density at radius 1 is 1.11 bits per heavy atom. The predicted molar refractivity (Wildman–Crippen MR) is 116 cm³/mol. The number of esters is 1. The van der Waals surface area contributed by atoms with Crippen molar-refractivity contribution in [1.82, 2.24) is 15.5 Å². The van der Waals surface area contributed by atoms with Crippen molar-refractivity contribution in [3.8, 4) is 0 Å². The number of carbonyl (C=O) groups is 1. The Bertz CT molecular complexity index is 563. The lowest BCUT2D eigenvalue weighted by Gasteiger charge is -2.25. The quantitative estimate of drug-likeness (QED) is 0.234. The Morgan fingerprint density at radius 2 is 1.79 bits per heavy atom. The van der Waals surface area contributed by atoms with Crippen molar-refractivity contribution in [1.29, 1.82) is 0 Å². The highest BCUT2D eigenvalue weighted by atomic mass is 16.5. The van der Waals surface area contributed by atoms with Crippen LogP contribution in [0.4, 0.5) is 0 Å². The number of nitrogens with one attached hydrogen (secondary N) is 2. The van der Waals surface area contributed by atoms with Crippen molar-refractivity contribution in [2.24, 2.45) is 4.99 Å². The van der Waals surface area contributed by atoms with Crippen molar-refractivity contribution in [2.45, 2.75) is 58.0 Å². The molecule has 0 saturated heterocycles. The number of unbranched alkanes of at least 4 members (excludes halogenated alkanes) is 3. The Morgan fingerprint density at radius 3 is 2.46 bits per heavy atom. The molecule has 158 valence electrons. The van der Waals surface area contributed by atoms with Crippen LogP contribution in [0, 0.1) is 0 Å². The molecule has 0 aliphatic heterocycles. The number of benzene rings is 1. The fourth-order valence-electron chi connectivity index (χ4n) is 2.92. The molecule has 0 radical (unpaired) electrons. The lowest BCUT2D eigenvalue weighted by molar-refractivity contribution is -0.140. The molecular formula is C22H38N4O2. The summed E-state index contributed by atoms with van der Waals surface area (Å²) in [7, 11) is 5.41. The Hall–Kier alpha value is -2.08. The molecule has 0 aromatic heterocycles. The smallest absolute Gasteiger partial charge is 0.305 e. The van der Waals surface area contributed by atoms with Crippen LogP contribution in [0.25, 0.3) is 0 Å². The minimum atomic E-state index is -0.119. The molecule has 0 saturated carbocycles. The molecule has 1 unspecified atom stereocenters. The first-order chi connectivity index (χ1) is 13.6. The number of nitrogens with zero attached hydrogens (tertiary/aromatic N) is 2. The summed E-state index contributed by atoms with van der Waals surface area (Å²) in [4.78, 5) is 17.7. The molecule has 0 bridgehead atoms. The van der Waals surface area contributed by atoms with E-state index in [1.165, 1.54) is 12.7 Å². The van der Waals surface area contributed by atoms with Crippen molar-refractivity contribution < 1.29 is 9.53 Å². The van der Waals surface area contributed by atoms with Gasteiger partial charge in [0.05, 0.1) is 7.11 Å². The normalized spacial score (nSPS) is 12.7. The van der Waals surface area contributed by atoms with Crippen LogP contribution < -0.4 is 10.6 Å². The lowest BCUT2D eigenvalue weighted by Crippen LogP contribution is -2.40. The number of hydrogen-bond donors (Lipinski definition) is 2. The maximum absolute atomic E-state index is 11.0. The molecule has 0 spiro atoms. The van der Waals surface area contributed by atoms with Crippen LogP contribution in [0.15, 0.2) is 35.3 Å². The third kappa shape index (κ3) is 10.9. The van der Waals surface area contributed by atoms with Gasteiger partial charge in [0.2, 0.25) is 0 Å². The first-order valence-corrected chi connectivity index (χ1v) is 10.3. The van der Waals surface area contributed by atoms with Crippen molar-refractivity contribution >= 4 is 11.9 Å². The number of rotatable bonds is 13. The number of hydrogen-bond acceptors (Lipinski definition) is 4. The summed E-state index contributed by atoms with van der Waals surface area (Å²) < 4.78 is 4.64. The summed E-state index contributed by atoms with van der Waals surface area (Å²) in [5.41, 5.74) is 1.34. The molecule has 2 N–H and O–H groups in total. The first-order valence-electron chi connectivity index (χ1n) is 10.3. The summed E-state index contributed by atoms with van der Waals surface area (Å²) >= 11 is 0. The van der Waals surface area contributed by atoms with Gasteiger partial charge in [-0.25, -0.2) is 0 Å². The number of aliphatic imine (C=N–C) groups is 1. The molecule has 1 aromatic carbocycles. The van der Waals surface area contributed by atoms with Gasteiger partial charge in [-0.3, -0.25) is 14.7 Å². The number of carbonyl (C=O) groups excluding carboxylic acids is 1. The minimum Gasteiger partial charge on any atom is -0.469 e. The lowest BCUT2D eigenvalue weighted by atomic mass is 10.1. The average molecular weight is 391 g/mol. The van der Waals surface area contributed by atoms with E-state index < -0.39 is 0 Å². The summed E-state index contributed by atoms with van der Waals surface area (Å²) in [5.74, 6) is 0.735. The van der Waals surface area contributed by atoms with Gasteiger partial charge in [-0.2, -0.15) is 0 Å². The SMILES string of the molecule is CN=C(NCCCCCCC(=O)OC)NCCC(C)N(C)Cc1ccccc1. The summed E-state index contributed by atoms with van der Waals surface area (Å²) in [6.45, 7) is 5.00. The molecule has 0 amide bonds. The fourth-order valence-corrected chi connectivity index (χ4v) is 2.92. The molecule has 0 heterocycles. The summed E-state index contributed by atoms with van der Waals surface area (Å²) in [6.07, 6.45) is 5.68. The van der Waals surface area contributed by atoms with Crippen LogP contribution in [0.5, 0.6) is 0 Å². The molecule has 6 heteroatoms. The molecule has 28 heavy (non-hydrogen) atoms. The van der Waals surface area contributed by atoms with Crippen molar-refractivity contribution in [3.63, 3.8) is 0 Å². The van der Waals surface area contributed by atoms with E-state index in [0.717, 1.165) is 57.7 Å². The first kappa shape index (κ1) is 24.0. The molecule has 0 aliphatic rings. The molecule has 1 aromatic rings. The van der Waals surface area contributed by atoms with Gasteiger partial charge in [0.25, 0.3) is 0 Å². The van der Waals surface area contributed by atoms with Crippen molar-refractivity contribution in [3.05, 3.63) is 35.9 Å². The van der Waals surface area contributed by atoms with Crippen LogP contribution >= 0.6 is 0 Å². The Balaban J connectivity index is 2.11. The zero-order valence-electron chi connectivity index (χ0n) is 18.0. The molecule has 0 aliphatic carbocycles. The second kappa shape index (κ2) is 14.9. The second-order valence-corrected chi connectivity index (χ2v) is 7.20. The average Bonchev–Trinajstić information content (AvgIpc) is 2.71. The summed E-state index contributed by atoms with van der Waals surface area (Å²) in [6, 6.07) is 11.1. The predicted octanol–water partition coefficient (Wildman–Crippen LogP) is 3.19. The molecule has 0 fully saturated rings. The number of methoxy groups -OCH3 is 1. The van der Waals surface area contributed by atoms with E-state index in [4.69, 9.17) is 0 Å². The molecule has 1 atom stereocenters. The van der Waals surface area contributed by atoms with Gasteiger partial charge < -0.3 is 15.4 Å². The number of ether oxygens (including phenoxy) is 1. The van der Waals surface area contributed by atoms with E-state index in [9.17, 15) is 4.79 Å². The summed E-state index contributed by atoms with van der Waals surface area (Å²) in [5, 5.41) is 6.75. The standard InChI is InChI=1S/C22H38N4O2/c1-19(26(3)18-20-12-8-7-9-13-20)15-17-25-22(23-2)24-16-11-6-5-10-14-21(27)28-4/h7-9,12-13,19H,5-6,10-11,14-18H2,1-4H3,(H2,23,24,25). The van der Waals surface area contributed by atoms with Crippen LogP contribution in [0.2, 0.25) is 0 Å². The van der Waals surface area contributed by atoms with Gasteiger partial charge >= 0.3 is 5.97 Å². The Labute approximate surface area is 170 Å². The van der Waals surface area contributed by atoms with Gasteiger partial charge in [0.15, 0.2) is 5.96 Å². The van der Waals surface area contributed by atoms with Crippen LogP contribution in [-0.4, -0.2) is 57.2 Å². The molecular weight excluding hydrogens is 352 g/mol. The van der Waals surface area contributed by atoms with E-state index >= 15 is 0 Å². The van der Waals surface area contributed by atoms with Gasteiger partial charge in [-0.1, -0.05) is 43.2 Å². The van der Waals surface area contributed by atoms with Gasteiger partial charge in [-0.05, 0) is 38.8 Å². The third-order valence-corrected chi connectivity index (χ3v) is 4.93. The highest BCUT2D eigenvalue weighted by molar-refractivity contribution is 5.79. The van der Waals surface area contributed by atoms with Crippen LogP contribution in [-0.2, 0) is 16.1 Å². The number of guanidine groups is 1. The van der Waals surface area contributed by atoms with E-state index in [-0.39, 0.29) is 5.97 Å². The van der Waals surface area contributed by atoms with Gasteiger partial charge in [-0.15, -0.1) is 0 Å². The zero-order valence-corrected chi connectivity index (χ0v) is 18.0. The van der Waals surface area contributed by atoms with E-state index in [1.807, 2.05) is 0 Å². The van der Waals surface area contributed by atoms with Crippen molar-refractivity contribution in [2.75, 3.05) is 34.3 Å². The Kier molecular flexibility index (Phi) is 12.8.